The van der Waals surface area contributed by atoms with E-state index in [4.69, 9.17) is 4.74 Å². The number of aryl methyl sites for hydroxylation is 1. The van der Waals surface area contributed by atoms with Crippen molar-refractivity contribution < 1.29 is 4.74 Å². The minimum absolute atomic E-state index is 0.964. The molecule has 0 saturated heterocycles. The van der Waals surface area contributed by atoms with E-state index in [0.717, 1.165) is 25.4 Å². The van der Waals surface area contributed by atoms with Gasteiger partial charge in [-0.15, -0.1) is 0 Å². The minimum Gasteiger partial charge on any atom is -0.496 e. The Morgan fingerprint density at radius 3 is 2.71 bits per heavy atom. The fourth-order valence-electron chi connectivity index (χ4n) is 1.96. The van der Waals surface area contributed by atoms with Gasteiger partial charge in [-0.05, 0) is 57.7 Å². The molecule has 3 heteroatoms. The summed E-state index contributed by atoms with van der Waals surface area (Å²) < 4.78 is 5.26. The quantitative estimate of drug-likeness (QED) is 0.733. The molecule has 17 heavy (non-hydrogen) atoms. The summed E-state index contributed by atoms with van der Waals surface area (Å²) in [6.45, 7) is 5.27. The van der Waals surface area contributed by atoms with Crippen LogP contribution in [0.25, 0.3) is 0 Å². The number of ether oxygens (including phenoxy) is 1. The molecule has 0 bridgehead atoms. The first-order valence-corrected chi connectivity index (χ1v) is 6.14. The van der Waals surface area contributed by atoms with Crippen LogP contribution in [0.4, 0.5) is 0 Å². The van der Waals surface area contributed by atoms with Crippen LogP contribution in [-0.4, -0.2) is 39.2 Å². The molecular weight excluding hydrogens is 212 g/mol. The highest BCUT2D eigenvalue weighted by Crippen LogP contribution is 2.19. The molecule has 0 aromatic heterocycles. The third-order valence-corrected chi connectivity index (χ3v) is 2.88. The summed E-state index contributed by atoms with van der Waals surface area (Å²) in [5.41, 5.74) is 2.55. The van der Waals surface area contributed by atoms with Gasteiger partial charge in [0.05, 0.1) is 7.11 Å². The third-order valence-electron chi connectivity index (χ3n) is 2.88. The number of nitrogens with one attached hydrogen (secondary N) is 1. The van der Waals surface area contributed by atoms with Gasteiger partial charge in [-0.3, -0.25) is 0 Å². The highest BCUT2D eigenvalue weighted by atomic mass is 16.5. The molecule has 0 heterocycles. The van der Waals surface area contributed by atoms with Gasteiger partial charge in [0.1, 0.15) is 5.75 Å². The van der Waals surface area contributed by atoms with E-state index in [2.05, 4.69) is 36.3 Å². The maximum absolute atomic E-state index is 5.26. The second-order valence-corrected chi connectivity index (χ2v) is 4.50. The number of hydrogen-bond acceptors (Lipinski definition) is 3. The topological polar surface area (TPSA) is 24.5 Å². The van der Waals surface area contributed by atoms with Crippen molar-refractivity contribution >= 4 is 0 Å². The van der Waals surface area contributed by atoms with Crippen molar-refractivity contribution in [3.05, 3.63) is 29.3 Å². The zero-order valence-electron chi connectivity index (χ0n) is 11.4. The van der Waals surface area contributed by atoms with E-state index in [1.807, 2.05) is 13.1 Å². The fourth-order valence-corrected chi connectivity index (χ4v) is 1.96. The molecule has 0 saturated carbocycles. The molecule has 1 rings (SSSR count). The van der Waals surface area contributed by atoms with Crippen molar-refractivity contribution in [1.82, 2.24) is 10.2 Å². The van der Waals surface area contributed by atoms with Crippen LogP contribution >= 0.6 is 0 Å². The van der Waals surface area contributed by atoms with Gasteiger partial charge in [0.15, 0.2) is 0 Å². The van der Waals surface area contributed by atoms with Gasteiger partial charge >= 0.3 is 0 Å². The Labute approximate surface area is 105 Å². The lowest BCUT2D eigenvalue weighted by molar-refractivity contribution is 0.321. The summed E-state index contributed by atoms with van der Waals surface area (Å²) in [6.07, 6.45) is 1.18. The summed E-state index contributed by atoms with van der Waals surface area (Å²) in [6, 6.07) is 6.39. The van der Waals surface area contributed by atoms with E-state index < -0.39 is 0 Å². The van der Waals surface area contributed by atoms with E-state index in [-0.39, 0.29) is 0 Å². The van der Waals surface area contributed by atoms with E-state index >= 15 is 0 Å². The predicted octanol–water partition coefficient (Wildman–Crippen LogP) is 2.04. The maximum Gasteiger partial charge on any atom is 0.121 e. The fraction of sp³-hybridized carbons (Fsp3) is 0.571. The van der Waals surface area contributed by atoms with Crippen molar-refractivity contribution in [2.24, 2.45) is 0 Å². The lowest BCUT2D eigenvalue weighted by atomic mass is 10.1. The Morgan fingerprint density at radius 1 is 1.35 bits per heavy atom. The zero-order chi connectivity index (χ0) is 12.7. The standard InChI is InChI=1S/C14H24N2O/c1-12-10-13(6-7-14(12)17-4)11-16(3)9-5-8-15-2/h6-7,10,15H,5,8-9,11H2,1-4H3. The first-order chi connectivity index (χ1) is 8.17. The van der Waals surface area contributed by atoms with Gasteiger partial charge in [0.25, 0.3) is 0 Å². The lowest BCUT2D eigenvalue weighted by Crippen LogP contribution is -2.22. The van der Waals surface area contributed by atoms with Crippen molar-refractivity contribution in [2.45, 2.75) is 19.9 Å². The Bertz CT molecular complexity index is 339. The van der Waals surface area contributed by atoms with Crippen LogP contribution in [0.3, 0.4) is 0 Å². The molecule has 0 aliphatic carbocycles. The Balaban J connectivity index is 2.48. The van der Waals surface area contributed by atoms with Crippen LogP contribution < -0.4 is 10.1 Å². The zero-order valence-corrected chi connectivity index (χ0v) is 11.4. The van der Waals surface area contributed by atoms with Gasteiger partial charge in [-0.1, -0.05) is 12.1 Å². The molecule has 0 aliphatic rings. The highest BCUT2D eigenvalue weighted by molar-refractivity contribution is 5.36. The van der Waals surface area contributed by atoms with Gasteiger partial charge in [-0.25, -0.2) is 0 Å². The summed E-state index contributed by atoms with van der Waals surface area (Å²) in [4.78, 5) is 2.35. The number of rotatable bonds is 7. The molecule has 0 fully saturated rings. The van der Waals surface area contributed by atoms with Gasteiger partial charge in [0, 0.05) is 6.54 Å². The van der Waals surface area contributed by atoms with Crippen LogP contribution in [0.1, 0.15) is 17.5 Å². The summed E-state index contributed by atoms with van der Waals surface area (Å²) in [7, 11) is 5.87. The molecule has 96 valence electrons. The number of hydrogen-bond donors (Lipinski definition) is 1. The molecule has 0 amide bonds. The number of methoxy groups -OCH3 is 1. The van der Waals surface area contributed by atoms with Crippen LogP contribution in [-0.2, 0) is 6.54 Å². The van der Waals surface area contributed by atoms with E-state index in [1.54, 1.807) is 7.11 Å². The first-order valence-electron chi connectivity index (χ1n) is 6.14. The molecule has 1 N–H and O–H groups in total. The van der Waals surface area contributed by atoms with Gasteiger partial charge in [0.2, 0.25) is 0 Å². The summed E-state index contributed by atoms with van der Waals surface area (Å²) in [5, 5.41) is 3.17. The van der Waals surface area contributed by atoms with Crippen LogP contribution in [0.15, 0.2) is 18.2 Å². The molecule has 0 atom stereocenters. The molecule has 0 radical (unpaired) electrons. The van der Waals surface area contributed by atoms with Gasteiger partial charge in [-0.2, -0.15) is 0 Å². The average molecular weight is 236 g/mol. The maximum atomic E-state index is 5.26. The van der Waals surface area contributed by atoms with Crippen molar-refractivity contribution in [3.63, 3.8) is 0 Å². The third kappa shape index (κ3) is 4.75. The molecule has 1 aromatic rings. The first kappa shape index (κ1) is 14.0. The molecule has 1 aromatic carbocycles. The Hall–Kier alpha value is -1.06. The monoisotopic (exact) mass is 236 g/mol. The number of nitrogens with zero attached hydrogens (tertiary/aromatic N) is 1. The molecule has 0 unspecified atom stereocenters. The van der Waals surface area contributed by atoms with Crippen LogP contribution in [0, 0.1) is 6.92 Å². The average Bonchev–Trinajstić information content (AvgIpc) is 2.29. The van der Waals surface area contributed by atoms with E-state index in [9.17, 15) is 0 Å². The van der Waals surface area contributed by atoms with Crippen molar-refractivity contribution in [1.29, 1.82) is 0 Å². The molecular formula is C14H24N2O. The largest absolute Gasteiger partial charge is 0.496 e. The van der Waals surface area contributed by atoms with Gasteiger partial charge < -0.3 is 15.0 Å². The Morgan fingerprint density at radius 2 is 2.12 bits per heavy atom. The second kappa shape index (κ2) is 7.30. The lowest BCUT2D eigenvalue weighted by Gasteiger charge is -2.17. The Kier molecular flexibility index (Phi) is 6.01. The van der Waals surface area contributed by atoms with E-state index in [1.165, 1.54) is 17.5 Å². The SMILES string of the molecule is CNCCCN(C)Cc1ccc(OC)c(C)c1. The smallest absolute Gasteiger partial charge is 0.121 e. The van der Waals surface area contributed by atoms with Crippen molar-refractivity contribution in [2.75, 3.05) is 34.3 Å². The highest BCUT2D eigenvalue weighted by Gasteiger charge is 2.03. The molecule has 0 aliphatic heterocycles. The predicted molar refractivity (Wildman–Crippen MR) is 72.6 cm³/mol. The van der Waals surface area contributed by atoms with Crippen molar-refractivity contribution in [3.8, 4) is 5.75 Å². The summed E-state index contributed by atoms with van der Waals surface area (Å²) >= 11 is 0. The normalized spacial score (nSPS) is 10.9. The minimum atomic E-state index is 0.964. The van der Waals surface area contributed by atoms with Crippen LogP contribution in [0.5, 0.6) is 5.75 Å². The molecule has 3 nitrogen and oxygen atoms in total. The molecule has 0 spiro atoms. The number of benzene rings is 1. The summed E-state index contributed by atoms with van der Waals surface area (Å²) in [5.74, 6) is 0.964. The van der Waals surface area contributed by atoms with E-state index in [0.29, 0.717) is 0 Å². The second-order valence-electron chi connectivity index (χ2n) is 4.50. The van der Waals surface area contributed by atoms with Crippen LogP contribution in [0.2, 0.25) is 0 Å².